The van der Waals surface area contributed by atoms with Crippen LogP contribution in [0.5, 0.6) is 0 Å². The van der Waals surface area contributed by atoms with Crippen LogP contribution in [0.3, 0.4) is 0 Å². The number of alkyl halides is 3. The van der Waals surface area contributed by atoms with Crippen molar-refractivity contribution in [2.75, 3.05) is 0 Å². The van der Waals surface area contributed by atoms with Gasteiger partial charge < -0.3 is 5.32 Å². The lowest BCUT2D eigenvalue weighted by Crippen LogP contribution is -2.21. The highest BCUT2D eigenvalue weighted by Gasteiger charge is 2.29. The van der Waals surface area contributed by atoms with Crippen LogP contribution >= 0.6 is 0 Å². The van der Waals surface area contributed by atoms with Crippen LogP contribution in [0.25, 0.3) is 5.69 Å². The maximum Gasteiger partial charge on any atom is 0.416 e. The molecule has 108 valence electrons. The van der Waals surface area contributed by atoms with Crippen molar-refractivity contribution in [2.24, 2.45) is 0 Å². The third-order valence-corrected chi connectivity index (χ3v) is 2.81. The molecule has 0 fully saturated rings. The Balaban J connectivity index is 2.12. The number of rotatable bonds is 4. The molecule has 0 saturated heterocycles. The van der Waals surface area contributed by atoms with Crippen molar-refractivity contribution in [3.63, 3.8) is 0 Å². The lowest BCUT2D eigenvalue weighted by Gasteiger charge is -2.07. The third-order valence-electron chi connectivity index (χ3n) is 2.81. The van der Waals surface area contributed by atoms with Crippen LogP contribution in [0.4, 0.5) is 13.2 Å². The zero-order valence-electron chi connectivity index (χ0n) is 11.3. The van der Waals surface area contributed by atoms with Crippen molar-refractivity contribution in [1.82, 2.24) is 15.1 Å². The average molecular weight is 283 g/mol. The predicted molar refractivity (Wildman–Crippen MR) is 70.5 cm³/mol. The number of nitrogens with zero attached hydrogens (tertiary/aromatic N) is 2. The van der Waals surface area contributed by atoms with Crippen molar-refractivity contribution in [2.45, 2.75) is 32.6 Å². The Hall–Kier alpha value is -1.82. The molecule has 0 saturated carbocycles. The minimum atomic E-state index is -4.31. The first-order chi connectivity index (χ1) is 9.36. The van der Waals surface area contributed by atoms with Gasteiger partial charge in [-0.3, -0.25) is 0 Å². The average Bonchev–Trinajstić information content (AvgIpc) is 2.84. The number of hydrogen-bond acceptors (Lipinski definition) is 2. The quantitative estimate of drug-likeness (QED) is 0.932. The summed E-state index contributed by atoms with van der Waals surface area (Å²) in [6, 6.07) is 5.31. The molecule has 0 bridgehead atoms. The summed E-state index contributed by atoms with van der Waals surface area (Å²) in [6.45, 7) is 4.76. The molecule has 0 radical (unpaired) electrons. The molecule has 2 rings (SSSR count). The zero-order chi connectivity index (χ0) is 14.8. The zero-order valence-corrected chi connectivity index (χ0v) is 11.3. The summed E-state index contributed by atoms with van der Waals surface area (Å²) in [6.07, 6.45) is -0.806. The highest BCUT2D eigenvalue weighted by molar-refractivity contribution is 5.35. The van der Waals surface area contributed by atoms with Crippen LogP contribution in [-0.2, 0) is 12.7 Å². The fourth-order valence-electron chi connectivity index (χ4n) is 1.72. The molecule has 0 aliphatic rings. The number of aromatic nitrogens is 2. The monoisotopic (exact) mass is 283 g/mol. The van der Waals surface area contributed by atoms with Crippen LogP contribution in [0.1, 0.15) is 25.0 Å². The Labute approximate surface area is 115 Å². The number of nitrogens with one attached hydrogen (secondary N) is 1. The molecule has 3 nitrogen and oxygen atoms in total. The summed E-state index contributed by atoms with van der Waals surface area (Å²) >= 11 is 0. The van der Waals surface area contributed by atoms with Gasteiger partial charge >= 0.3 is 6.18 Å². The SMILES string of the molecule is CC(C)NCc1cnn(-c2ccc(C(F)(F)F)cc2)c1. The van der Waals surface area contributed by atoms with Crippen LogP contribution in [0.2, 0.25) is 0 Å². The second-order valence-corrected chi connectivity index (χ2v) is 4.87. The van der Waals surface area contributed by atoms with Crippen molar-refractivity contribution >= 4 is 0 Å². The van der Waals surface area contributed by atoms with Crippen LogP contribution in [0.15, 0.2) is 36.7 Å². The molecule has 1 aromatic carbocycles. The molecular weight excluding hydrogens is 267 g/mol. The van der Waals surface area contributed by atoms with Gasteiger partial charge in [0.25, 0.3) is 0 Å². The van der Waals surface area contributed by atoms with E-state index in [1.165, 1.54) is 12.1 Å². The molecule has 0 amide bonds. The second kappa shape index (κ2) is 5.66. The van der Waals surface area contributed by atoms with E-state index in [9.17, 15) is 13.2 Å². The van der Waals surface area contributed by atoms with Crippen LogP contribution in [0, 0.1) is 0 Å². The molecule has 0 unspecified atom stereocenters. The Morgan fingerprint density at radius 2 is 1.85 bits per heavy atom. The number of hydrogen-bond donors (Lipinski definition) is 1. The minimum absolute atomic E-state index is 0.365. The number of halogens is 3. The van der Waals surface area contributed by atoms with Gasteiger partial charge in [-0.25, -0.2) is 4.68 Å². The summed E-state index contributed by atoms with van der Waals surface area (Å²) in [5.41, 5.74) is 0.933. The fraction of sp³-hybridized carbons (Fsp3) is 0.357. The molecule has 6 heteroatoms. The predicted octanol–water partition coefficient (Wildman–Crippen LogP) is 3.39. The molecule has 2 aromatic rings. The van der Waals surface area contributed by atoms with E-state index in [0.717, 1.165) is 17.7 Å². The van der Waals surface area contributed by atoms with Crippen molar-refractivity contribution in [3.05, 3.63) is 47.8 Å². The van der Waals surface area contributed by atoms with E-state index in [-0.39, 0.29) is 0 Å². The van der Waals surface area contributed by atoms with Gasteiger partial charge in [-0.2, -0.15) is 18.3 Å². The summed E-state index contributed by atoms with van der Waals surface area (Å²) in [5.74, 6) is 0. The first kappa shape index (κ1) is 14.6. The van der Waals surface area contributed by atoms with Crippen molar-refractivity contribution in [1.29, 1.82) is 0 Å². The lowest BCUT2D eigenvalue weighted by atomic mass is 10.2. The maximum atomic E-state index is 12.5. The molecule has 0 atom stereocenters. The van der Waals surface area contributed by atoms with Gasteiger partial charge in [-0.05, 0) is 24.3 Å². The van der Waals surface area contributed by atoms with Gasteiger partial charge in [0.1, 0.15) is 0 Å². The standard InChI is InChI=1S/C14H16F3N3/c1-10(2)18-7-11-8-19-20(9-11)13-5-3-12(4-6-13)14(15,16)17/h3-6,8-10,18H,7H2,1-2H3. The largest absolute Gasteiger partial charge is 0.416 e. The first-order valence-corrected chi connectivity index (χ1v) is 6.31. The van der Waals surface area contributed by atoms with Gasteiger partial charge in [0.2, 0.25) is 0 Å². The molecule has 1 aromatic heterocycles. The van der Waals surface area contributed by atoms with Gasteiger partial charge in [-0.1, -0.05) is 13.8 Å². The van der Waals surface area contributed by atoms with Gasteiger partial charge in [-0.15, -0.1) is 0 Å². The van der Waals surface area contributed by atoms with E-state index in [2.05, 4.69) is 10.4 Å². The summed E-state index contributed by atoms with van der Waals surface area (Å²) < 4.78 is 39.0. The van der Waals surface area contributed by atoms with E-state index >= 15 is 0 Å². The molecule has 0 spiro atoms. The first-order valence-electron chi connectivity index (χ1n) is 6.31. The lowest BCUT2D eigenvalue weighted by molar-refractivity contribution is -0.137. The Bertz CT molecular complexity index is 556. The number of benzene rings is 1. The van der Waals surface area contributed by atoms with Crippen LogP contribution in [-0.4, -0.2) is 15.8 Å². The highest BCUT2D eigenvalue weighted by Crippen LogP contribution is 2.29. The molecular formula is C14H16F3N3. The highest BCUT2D eigenvalue weighted by atomic mass is 19.4. The van der Waals surface area contributed by atoms with Gasteiger partial charge in [0.05, 0.1) is 17.4 Å². The minimum Gasteiger partial charge on any atom is -0.310 e. The topological polar surface area (TPSA) is 29.9 Å². The Morgan fingerprint density at radius 3 is 2.40 bits per heavy atom. The van der Waals surface area contributed by atoms with E-state index in [4.69, 9.17) is 0 Å². The normalized spacial score (nSPS) is 12.1. The Kier molecular flexibility index (Phi) is 4.13. The summed E-state index contributed by atoms with van der Waals surface area (Å²) in [7, 11) is 0. The summed E-state index contributed by atoms with van der Waals surface area (Å²) in [5, 5.41) is 7.41. The van der Waals surface area contributed by atoms with E-state index in [0.29, 0.717) is 18.3 Å². The van der Waals surface area contributed by atoms with Crippen molar-refractivity contribution in [3.8, 4) is 5.69 Å². The second-order valence-electron chi connectivity index (χ2n) is 4.87. The van der Waals surface area contributed by atoms with E-state index in [1.807, 2.05) is 13.8 Å². The summed E-state index contributed by atoms with van der Waals surface area (Å²) in [4.78, 5) is 0. The molecule has 0 aliphatic heterocycles. The molecule has 0 aliphatic carbocycles. The molecule has 20 heavy (non-hydrogen) atoms. The smallest absolute Gasteiger partial charge is 0.310 e. The molecule has 1 heterocycles. The van der Waals surface area contributed by atoms with E-state index in [1.54, 1.807) is 17.1 Å². The van der Waals surface area contributed by atoms with E-state index < -0.39 is 11.7 Å². The van der Waals surface area contributed by atoms with Gasteiger partial charge in [0, 0.05) is 24.3 Å². The van der Waals surface area contributed by atoms with Crippen LogP contribution < -0.4 is 5.32 Å². The third kappa shape index (κ3) is 3.60. The molecule has 1 N–H and O–H groups in total. The maximum absolute atomic E-state index is 12.5. The Morgan fingerprint density at radius 1 is 1.20 bits per heavy atom. The van der Waals surface area contributed by atoms with Crippen molar-refractivity contribution < 1.29 is 13.2 Å². The van der Waals surface area contributed by atoms with Gasteiger partial charge in [0.15, 0.2) is 0 Å². The fourth-order valence-corrected chi connectivity index (χ4v) is 1.72.